The second kappa shape index (κ2) is 6.20. The molecular formula is C18H19FN4O. The number of fused-ring (bicyclic) bond motifs is 1. The van der Waals surface area contributed by atoms with Crippen LogP contribution in [0, 0.1) is 5.82 Å². The van der Waals surface area contributed by atoms with Gasteiger partial charge in [0.05, 0.1) is 11.8 Å². The van der Waals surface area contributed by atoms with Gasteiger partial charge < -0.3 is 15.4 Å². The highest BCUT2D eigenvalue weighted by Crippen LogP contribution is 2.30. The predicted octanol–water partition coefficient (Wildman–Crippen LogP) is 3.48. The number of nitrogens with one attached hydrogen (secondary N) is 2. The van der Waals surface area contributed by atoms with Gasteiger partial charge in [-0.05, 0) is 43.9 Å². The van der Waals surface area contributed by atoms with E-state index in [0.717, 1.165) is 36.8 Å². The molecule has 1 aliphatic carbocycles. The van der Waals surface area contributed by atoms with Crippen LogP contribution < -0.4 is 5.32 Å². The molecule has 1 aromatic carbocycles. The van der Waals surface area contributed by atoms with Crippen LogP contribution in [-0.2, 0) is 0 Å². The van der Waals surface area contributed by atoms with Crippen molar-refractivity contribution < 1.29 is 9.50 Å². The Bertz CT molecular complexity index is 855. The van der Waals surface area contributed by atoms with Gasteiger partial charge in [0.15, 0.2) is 0 Å². The van der Waals surface area contributed by atoms with Crippen LogP contribution in [0.3, 0.4) is 0 Å². The summed E-state index contributed by atoms with van der Waals surface area (Å²) in [5.41, 5.74) is 2.16. The summed E-state index contributed by atoms with van der Waals surface area (Å²) in [4.78, 5) is 11.9. The lowest BCUT2D eigenvalue weighted by Gasteiger charge is -2.26. The van der Waals surface area contributed by atoms with Crippen LogP contribution in [0.4, 0.5) is 10.3 Å². The summed E-state index contributed by atoms with van der Waals surface area (Å²) in [5.74, 6) is 0.276. The molecule has 0 radical (unpaired) electrons. The lowest BCUT2D eigenvalue weighted by atomic mass is 9.93. The summed E-state index contributed by atoms with van der Waals surface area (Å²) in [7, 11) is 0. The minimum atomic E-state index is -0.266. The molecule has 4 rings (SSSR count). The quantitative estimate of drug-likeness (QED) is 0.689. The van der Waals surface area contributed by atoms with Crippen molar-refractivity contribution >= 4 is 16.9 Å². The number of aromatic nitrogens is 3. The van der Waals surface area contributed by atoms with Crippen molar-refractivity contribution in [1.29, 1.82) is 0 Å². The third-order valence-electron chi connectivity index (χ3n) is 4.62. The maximum Gasteiger partial charge on any atom is 0.223 e. The molecule has 0 amide bonds. The number of benzene rings is 1. The second-order valence-corrected chi connectivity index (χ2v) is 6.28. The van der Waals surface area contributed by atoms with Gasteiger partial charge in [0.1, 0.15) is 5.82 Å². The first-order valence-electron chi connectivity index (χ1n) is 8.24. The normalized spacial score (nSPS) is 21.1. The molecule has 0 atom stereocenters. The van der Waals surface area contributed by atoms with Crippen LogP contribution in [0.15, 0.2) is 36.7 Å². The molecule has 3 aromatic rings. The fourth-order valence-corrected chi connectivity index (χ4v) is 3.32. The van der Waals surface area contributed by atoms with Crippen LogP contribution in [0.25, 0.3) is 22.2 Å². The lowest BCUT2D eigenvalue weighted by molar-refractivity contribution is 0.126. The SMILES string of the molecule is OC1CCC(Nc2nccc(-c3c[nH]c4cccc(F)c34)n2)CC1. The Hall–Kier alpha value is -2.47. The molecule has 3 N–H and O–H groups in total. The smallest absolute Gasteiger partial charge is 0.223 e. The average Bonchev–Trinajstić information content (AvgIpc) is 3.03. The molecule has 0 saturated heterocycles. The molecule has 24 heavy (non-hydrogen) atoms. The van der Waals surface area contributed by atoms with Crippen molar-refractivity contribution in [2.24, 2.45) is 0 Å². The molecule has 5 nitrogen and oxygen atoms in total. The van der Waals surface area contributed by atoms with Gasteiger partial charge in [-0.1, -0.05) is 6.07 Å². The Labute approximate surface area is 139 Å². The zero-order valence-electron chi connectivity index (χ0n) is 13.2. The number of aromatic amines is 1. The van der Waals surface area contributed by atoms with Gasteiger partial charge in [0, 0.05) is 34.9 Å². The van der Waals surface area contributed by atoms with Crippen molar-refractivity contribution in [2.45, 2.75) is 37.8 Å². The number of rotatable bonds is 3. The fourth-order valence-electron chi connectivity index (χ4n) is 3.32. The first-order chi connectivity index (χ1) is 11.7. The van der Waals surface area contributed by atoms with Gasteiger partial charge in [-0.25, -0.2) is 14.4 Å². The van der Waals surface area contributed by atoms with E-state index in [2.05, 4.69) is 20.3 Å². The maximum absolute atomic E-state index is 14.2. The third-order valence-corrected chi connectivity index (χ3v) is 4.62. The number of H-pyrrole nitrogens is 1. The summed E-state index contributed by atoms with van der Waals surface area (Å²) in [6, 6.07) is 7.03. The second-order valence-electron chi connectivity index (χ2n) is 6.28. The highest BCUT2D eigenvalue weighted by atomic mass is 19.1. The van der Waals surface area contributed by atoms with E-state index >= 15 is 0 Å². The standard InChI is InChI=1S/C18H19FN4O/c19-14-2-1-3-16-17(14)13(10-21-16)15-8-9-20-18(23-15)22-11-4-6-12(24)7-5-11/h1-3,8-12,21,24H,4-7H2,(H,20,22,23). The molecule has 124 valence electrons. The summed E-state index contributed by atoms with van der Waals surface area (Å²) in [5, 5.41) is 13.5. The minimum absolute atomic E-state index is 0.190. The zero-order valence-corrected chi connectivity index (χ0v) is 13.2. The Morgan fingerprint density at radius 3 is 2.83 bits per heavy atom. The lowest BCUT2D eigenvalue weighted by Crippen LogP contribution is -2.28. The molecular weight excluding hydrogens is 307 g/mol. The van der Waals surface area contributed by atoms with Gasteiger partial charge in [0.25, 0.3) is 0 Å². The topological polar surface area (TPSA) is 73.8 Å². The Morgan fingerprint density at radius 2 is 2.00 bits per heavy atom. The molecule has 1 saturated carbocycles. The largest absolute Gasteiger partial charge is 0.393 e. The van der Waals surface area contributed by atoms with Crippen molar-refractivity contribution in [1.82, 2.24) is 15.0 Å². The summed E-state index contributed by atoms with van der Waals surface area (Å²) in [6.07, 6.45) is 6.66. The van der Waals surface area contributed by atoms with E-state index in [1.165, 1.54) is 6.07 Å². The Morgan fingerprint density at radius 1 is 1.17 bits per heavy atom. The Balaban J connectivity index is 1.62. The highest BCUT2D eigenvalue weighted by molar-refractivity contribution is 5.95. The molecule has 0 unspecified atom stereocenters. The monoisotopic (exact) mass is 326 g/mol. The first kappa shape index (κ1) is 15.1. The molecule has 0 spiro atoms. The predicted molar refractivity (Wildman–Crippen MR) is 91.2 cm³/mol. The van der Waals surface area contributed by atoms with Crippen LogP contribution in [0.1, 0.15) is 25.7 Å². The number of hydrogen-bond acceptors (Lipinski definition) is 4. The molecule has 2 heterocycles. The van der Waals surface area contributed by atoms with E-state index in [9.17, 15) is 9.50 Å². The van der Waals surface area contributed by atoms with Gasteiger partial charge in [-0.3, -0.25) is 0 Å². The van der Waals surface area contributed by atoms with Gasteiger partial charge in [-0.15, -0.1) is 0 Å². The minimum Gasteiger partial charge on any atom is -0.393 e. The molecule has 0 aliphatic heterocycles. The molecule has 6 heteroatoms. The number of hydrogen-bond donors (Lipinski definition) is 3. The van der Waals surface area contributed by atoms with Crippen LogP contribution in [-0.4, -0.2) is 32.2 Å². The first-order valence-corrected chi connectivity index (χ1v) is 8.24. The molecule has 0 bridgehead atoms. The van der Waals surface area contributed by atoms with Gasteiger partial charge in [0.2, 0.25) is 5.95 Å². The van der Waals surface area contributed by atoms with Crippen LogP contribution in [0.5, 0.6) is 0 Å². The number of nitrogens with zero attached hydrogens (tertiary/aromatic N) is 2. The zero-order chi connectivity index (χ0) is 16.5. The summed E-state index contributed by atoms with van der Waals surface area (Å²) in [6.45, 7) is 0. The number of aliphatic hydroxyl groups excluding tert-OH is 1. The van der Waals surface area contributed by atoms with E-state index in [1.54, 1.807) is 24.5 Å². The van der Waals surface area contributed by atoms with Crippen LogP contribution in [0.2, 0.25) is 0 Å². The third kappa shape index (κ3) is 2.85. The number of anilines is 1. The van der Waals surface area contributed by atoms with Crippen molar-refractivity contribution in [3.63, 3.8) is 0 Å². The van der Waals surface area contributed by atoms with Crippen molar-refractivity contribution in [3.8, 4) is 11.3 Å². The molecule has 2 aromatic heterocycles. The molecule has 1 aliphatic rings. The summed E-state index contributed by atoms with van der Waals surface area (Å²) >= 11 is 0. The highest BCUT2D eigenvalue weighted by Gasteiger charge is 2.20. The van der Waals surface area contributed by atoms with E-state index in [1.807, 2.05) is 6.07 Å². The maximum atomic E-state index is 14.2. The fraction of sp³-hybridized carbons (Fsp3) is 0.333. The van der Waals surface area contributed by atoms with E-state index in [4.69, 9.17) is 0 Å². The van der Waals surface area contributed by atoms with Gasteiger partial charge in [-0.2, -0.15) is 0 Å². The van der Waals surface area contributed by atoms with Crippen LogP contribution >= 0.6 is 0 Å². The number of halogens is 1. The average molecular weight is 326 g/mol. The molecule has 1 fully saturated rings. The van der Waals surface area contributed by atoms with Gasteiger partial charge >= 0.3 is 0 Å². The van der Waals surface area contributed by atoms with Crippen molar-refractivity contribution in [2.75, 3.05) is 5.32 Å². The van der Waals surface area contributed by atoms with E-state index in [-0.39, 0.29) is 18.0 Å². The van der Waals surface area contributed by atoms with E-state index in [0.29, 0.717) is 17.0 Å². The van der Waals surface area contributed by atoms with Crippen molar-refractivity contribution in [3.05, 3.63) is 42.5 Å². The van der Waals surface area contributed by atoms with E-state index < -0.39 is 0 Å². The summed E-state index contributed by atoms with van der Waals surface area (Å²) < 4.78 is 14.2. The number of aliphatic hydroxyl groups is 1. The Kier molecular flexibility index (Phi) is 3.90.